The standard InChI is InChI=1S/C24H21N/c1-18-12-15-24-22(16-18)23(17-25-24)21(20-10-6-3-7-11-20)14-13-19-8-4-2-5-9-19/h2-17,21,25H,1H3/b14-13+/t21-/m0/s1. The molecule has 0 bridgehead atoms. The van der Waals surface area contributed by atoms with E-state index in [1.807, 2.05) is 0 Å². The van der Waals surface area contributed by atoms with E-state index in [0.29, 0.717) is 0 Å². The van der Waals surface area contributed by atoms with Gasteiger partial charge in [-0.05, 0) is 35.7 Å². The van der Waals surface area contributed by atoms with E-state index >= 15 is 0 Å². The highest BCUT2D eigenvalue weighted by molar-refractivity contribution is 5.85. The van der Waals surface area contributed by atoms with Crippen molar-refractivity contribution in [1.82, 2.24) is 4.98 Å². The van der Waals surface area contributed by atoms with Crippen LogP contribution in [0.2, 0.25) is 0 Å². The van der Waals surface area contributed by atoms with Gasteiger partial charge in [0.25, 0.3) is 0 Å². The Bertz CT molecular complexity index is 994. The lowest BCUT2D eigenvalue weighted by atomic mass is 9.90. The Morgan fingerprint density at radius 1 is 0.840 bits per heavy atom. The second kappa shape index (κ2) is 6.82. The Kier molecular flexibility index (Phi) is 4.22. The van der Waals surface area contributed by atoms with E-state index in [1.165, 1.54) is 33.2 Å². The maximum Gasteiger partial charge on any atom is 0.0457 e. The normalized spacial score (nSPS) is 12.7. The van der Waals surface area contributed by atoms with Gasteiger partial charge in [-0.1, -0.05) is 84.4 Å². The maximum absolute atomic E-state index is 3.43. The lowest BCUT2D eigenvalue weighted by Gasteiger charge is -2.13. The quantitative estimate of drug-likeness (QED) is 0.452. The largest absolute Gasteiger partial charge is 0.361 e. The number of H-pyrrole nitrogens is 1. The summed E-state index contributed by atoms with van der Waals surface area (Å²) in [6.07, 6.45) is 6.67. The third kappa shape index (κ3) is 3.27. The van der Waals surface area contributed by atoms with Gasteiger partial charge < -0.3 is 4.98 Å². The molecular weight excluding hydrogens is 302 g/mol. The molecular formula is C24H21N. The molecule has 25 heavy (non-hydrogen) atoms. The molecule has 0 saturated heterocycles. The molecule has 1 aromatic heterocycles. The van der Waals surface area contributed by atoms with Gasteiger partial charge in [0.15, 0.2) is 0 Å². The molecule has 1 heterocycles. The zero-order chi connectivity index (χ0) is 17.1. The molecule has 1 nitrogen and oxygen atoms in total. The predicted octanol–water partition coefficient (Wildman–Crippen LogP) is 6.32. The van der Waals surface area contributed by atoms with Gasteiger partial charge in [-0.3, -0.25) is 0 Å². The van der Waals surface area contributed by atoms with E-state index in [0.717, 1.165) is 0 Å². The average molecular weight is 323 g/mol. The van der Waals surface area contributed by atoms with Gasteiger partial charge >= 0.3 is 0 Å². The Morgan fingerprint density at radius 2 is 1.56 bits per heavy atom. The smallest absolute Gasteiger partial charge is 0.0457 e. The molecule has 4 rings (SSSR count). The van der Waals surface area contributed by atoms with Crippen LogP contribution in [0.3, 0.4) is 0 Å². The van der Waals surface area contributed by atoms with Gasteiger partial charge in [-0.2, -0.15) is 0 Å². The number of fused-ring (bicyclic) bond motifs is 1. The van der Waals surface area contributed by atoms with Crippen LogP contribution >= 0.6 is 0 Å². The fourth-order valence-electron chi connectivity index (χ4n) is 3.34. The van der Waals surface area contributed by atoms with Gasteiger partial charge in [0.05, 0.1) is 0 Å². The number of aromatic amines is 1. The number of rotatable bonds is 4. The summed E-state index contributed by atoms with van der Waals surface area (Å²) < 4.78 is 0. The van der Waals surface area contributed by atoms with E-state index in [2.05, 4.69) is 109 Å². The first-order chi connectivity index (χ1) is 12.3. The van der Waals surface area contributed by atoms with E-state index in [4.69, 9.17) is 0 Å². The summed E-state index contributed by atoms with van der Waals surface area (Å²) in [5.41, 5.74) is 6.32. The summed E-state index contributed by atoms with van der Waals surface area (Å²) in [7, 11) is 0. The number of aryl methyl sites for hydroxylation is 1. The second-order valence-corrected chi connectivity index (χ2v) is 6.45. The molecule has 0 aliphatic carbocycles. The minimum absolute atomic E-state index is 0.219. The van der Waals surface area contributed by atoms with Crippen LogP contribution in [-0.4, -0.2) is 4.98 Å². The molecule has 1 atom stereocenters. The summed E-state index contributed by atoms with van der Waals surface area (Å²) in [5, 5.41) is 1.30. The van der Waals surface area contributed by atoms with Gasteiger partial charge in [0.2, 0.25) is 0 Å². The van der Waals surface area contributed by atoms with Crippen LogP contribution in [0.4, 0.5) is 0 Å². The average Bonchev–Trinajstić information content (AvgIpc) is 3.07. The molecule has 3 aromatic carbocycles. The van der Waals surface area contributed by atoms with Crippen LogP contribution in [0.25, 0.3) is 17.0 Å². The van der Waals surface area contributed by atoms with Crippen LogP contribution in [0.1, 0.15) is 28.2 Å². The van der Waals surface area contributed by atoms with Crippen molar-refractivity contribution in [2.24, 2.45) is 0 Å². The number of aromatic nitrogens is 1. The number of hydrogen-bond donors (Lipinski definition) is 1. The fourth-order valence-corrected chi connectivity index (χ4v) is 3.34. The van der Waals surface area contributed by atoms with Gasteiger partial charge in [0, 0.05) is 23.0 Å². The van der Waals surface area contributed by atoms with E-state index in [1.54, 1.807) is 0 Å². The first-order valence-electron chi connectivity index (χ1n) is 8.67. The summed E-state index contributed by atoms with van der Waals surface area (Å²) in [6, 6.07) is 27.8. The minimum atomic E-state index is 0.219. The molecule has 0 unspecified atom stereocenters. The molecule has 0 spiro atoms. The van der Waals surface area contributed by atoms with Crippen molar-refractivity contribution < 1.29 is 0 Å². The summed E-state index contributed by atoms with van der Waals surface area (Å²) in [5.74, 6) is 0.219. The monoisotopic (exact) mass is 323 g/mol. The molecule has 0 fully saturated rings. The van der Waals surface area contributed by atoms with E-state index in [9.17, 15) is 0 Å². The van der Waals surface area contributed by atoms with Crippen LogP contribution in [0, 0.1) is 6.92 Å². The molecule has 1 N–H and O–H groups in total. The second-order valence-electron chi connectivity index (χ2n) is 6.45. The molecule has 4 aromatic rings. The first kappa shape index (κ1) is 15.5. The Morgan fingerprint density at radius 3 is 2.32 bits per heavy atom. The number of benzene rings is 3. The highest BCUT2D eigenvalue weighted by atomic mass is 14.7. The molecule has 0 radical (unpaired) electrons. The van der Waals surface area contributed by atoms with Gasteiger partial charge in [-0.15, -0.1) is 0 Å². The zero-order valence-electron chi connectivity index (χ0n) is 14.3. The Balaban J connectivity index is 1.82. The van der Waals surface area contributed by atoms with Crippen LogP contribution in [0.15, 0.2) is 91.1 Å². The van der Waals surface area contributed by atoms with Crippen molar-refractivity contribution in [3.8, 4) is 0 Å². The molecule has 1 heteroatoms. The van der Waals surface area contributed by atoms with Crippen molar-refractivity contribution >= 4 is 17.0 Å². The Hall–Kier alpha value is -3.06. The predicted molar refractivity (Wildman–Crippen MR) is 107 cm³/mol. The molecule has 0 aliphatic rings. The van der Waals surface area contributed by atoms with Crippen LogP contribution in [-0.2, 0) is 0 Å². The molecule has 0 aliphatic heterocycles. The molecule has 0 saturated carbocycles. The number of allylic oxidation sites excluding steroid dienone is 1. The van der Waals surface area contributed by atoms with E-state index < -0.39 is 0 Å². The highest BCUT2D eigenvalue weighted by Crippen LogP contribution is 2.33. The van der Waals surface area contributed by atoms with Gasteiger partial charge in [-0.25, -0.2) is 0 Å². The first-order valence-corrected chi connectivity index (χ1v) is 8.67. The fraction of sp³-hybridized carbons (Fsp3) is 0.0833. The third-order valence-corrected chi connectivity index (χ3v) is 4.64. The summed E-state index contributed by atoms with van der Waals surface area (Å²) >= 11 is 0. The van der Waals surface area contributed by atoms with Crippen LogP contribution in [0.5, 0.6) is 0 Å². The topological polar surface area (TPSA) is 15.8 Å². The van der Waals surface area contributed by atoms with Crippen molar-refractivity contribution in [3.05, 3.63) is 113 Å². The molecule has 0 amide bonds. The Labute approximate surface area is 148 Å². The summed E-state index contributed by atoms with van der Waals surface area (Å²) in [4.78, 5) is 3.43. The van der Waals surface area contributed by atoms with Crippen molar-refractivity contribution in [3.63, 3.8) is 0 Å². The lowest BCUT2D eigenvalue weighted by molar-refractivity contribution is 1.04. The van der Waals surface area contributed by atoms with E-state index in [-0.39, 0.29) is 5.92 Å². The van der Waals surface area contributed by atoms with Gasteiger partial charge in [0.1, 0.15) is 0 Å². The number of hydrogen-bond acceptors (Lipinski definition) is 0. The van der Waals surface area contributed by atoms with Crippen molar-refractivity contribution in [1.29, 1.82) is 0 Å². The lowest BCUT2D eigenvalue weighted by Crippen LogP contribution is -1.97. The molecule has 122 valence electrons. The number of nitrogens with one attached hydrogen (secondary N) is 1. The highest BCUT2D eigenvalue weighted by Gasteiger charge is 2.15. The summed E-state index contributed by atoms with van der Waals surface area (Å²) in [6.45, 7) is 2.15. The van der Waals surface area contributed by atoms with Crippen molar-refractivity contribution in [2.75, 3.05) is 0 Å². The van der Waals surface area contributed by atoms with Crippen LogP contribution < -0.4 is 0 Å². The maximum atomic E-state index is 3.43. The minimum Gasteiger partial charge on any atom is -0.361 e. The SMILES string of the molecule is Cc1ccc2[nH]cc([C@@H](/C=C/c3ccccc3)c3ccccc3)c2c1. The van der Waals surface area contributed by atoms with Crippen molar-refractivity contribution in [2.45, 2.75) is 12.8 Å². The zero-order valence-corrected chi connectivity index (χ0v) is 14.3. The third-order valence-electron chi connectivity index (χ3n) is 4.64.